The van der Waals surface area contributed by atoms with E-state index in [-0.39, 0.29) is 11.5 Å². The molecule has 0 fully saturated rings. The molecule has 0 aliphatic carbocycles. The van der Waals surface area contributed by atoms with Gasteiger partial charge in [-0.15, -0.1) is 0 Å². The fourth-order valence-corrected chi connectivity index (χ4v) is 1.84. The first-order valence-electron chi connectivity index (χ1n) is 6.52. The Morgan fingerprint density at radius 1 is 1.42 bits per heavy atom. The van der Waals surface area contributed by atoms with Crippen molar-refractivity contribution in [3.63, 3.8) is 0 Å². The first kappa shape index (κ1) is 13.5. The Bertz CT molecular complexity index is 609. The second-order valence-electron chi connectivity index (χ2n) is 4.77. The molecule has 0 aliphatic heterocycles. The molecule has 2 rings (SSSR count). The normalized spacial score (nSPS) is 14.3. The third kappa shape index (κ3) is 3.12. The lowest BCUT2D eigenvalue weighted by Crippen LogP contribution is -2.27. The van der Waals surface area contributed by atoms with Gasteiger partial charge >= 0.3 is 0 Å². The molecule has 1 heterocycles. The molecule has 5 nitrogen and oxygen atoms in total. The highest BCUT2D eigenvalue weighted by atomic mass is 16.3. The number of aromatic nitrogens is 2. The van der Waals surface area contributed by atoms with Crippen LogP contribution >= 0.6 is 0 Å². The van der Waals surface area contributed by atoms with Gasteiger partial charge in [0.2, 0.25) is 5.95 Å². The highest BCUT2D eigenvalue weighted by Gasteiger charge is 2.12. The van der Waals surface area contributed by atoms with Gasteiger partial charge in [-0.25, -0.2) is 4.98 Å². The molecule has 2 atom stereocenters. The van der Waals surface area contributed by atoms with Gasteiger partial charge in [0.25, 0.3) is 5.56 Å². The Hall–Kier alpha value is -1.88. The quantitative estimate of drug-likeness (QED) is 0.766. The van der Waals surface area contributed by atoms with Gasteiger partial charge in [-0.3, -0.25) is 9.78 Å². The topological polar surface area (TPSA) is 78.0 Å². The second kappa shape index (κ2) is 5.84. The van der Waals surface area contributed by atoms with Crippen molar-refractivity contribution in [2.45, 2.75) is 26.4 Å². The zero-order valence-corrected chi connectivity index (χ0v) is 11.2. The van der Waals surface area contributed by atoms with Gasteiger partial charge in [0.05, 0.1) is 17.0 Å². The first-order chi connectivity index (χ1) is 9.11. The van der Waals surface area contributed by atoms with Gasteiger partial charge in [0, 0.05) is 6.54 Å². The smallest absolute Gasteiger partial charge is 0.260 e. The Labute approximate surface area is 111 Å². The third-order valence-electron chi connectivity index (χ3n) is 3.39. The molecule has 0 radical (unpaired) electrons. The zero-order chi connectivity index (χ0) is 13.8. The number of fused-ring (bicyclic) bond motifs is 1. The van der Waals surface area contributed by atoms with Crippen LogP contribution in [0.3, 0.4) is 0 Å². The summed E-state index contributed by atoms with van der Waals surface area (Å²) in [4.78, 5) is 18.8. The number of aromatic amines is 1. The van der Waals surface area contributed by atoms with Crippen molar-refractivity contribution >= 4 is 16.9 Å². The summed E-state index contributed by atoms with van der Waals surface area (Å²) in [5, 5.41) is 13.4. The van der Waals surface area contributed by atoms with Crippen LogP contribution in [-0.2, 0) is 0 Å². The standard InChI is InChI=1S/C14H19N3O2/c1-3-9(2)12(18)8-15-14-16-11-7-5-4-6-10(11)13(19)17-14/h4-7,9,12,18H,3,8H2,1-2H3,(H2,15,16,17,19)/t9-,12+/m0/s1. The summed E-state index contributed by atoms with van der Waals surface area (Å²) in [5.74, 6) is 0.603. The molecule has 0 saturated carbocycles. The van der Waals surface area contributed by atoms with E-state index < -0.39 is 6.10 Å². The molecule has 19 heavy (non-hydrogen) atoms. The summed E-state index contributed by atoms with van der Waals surface area (Å²) in [7, 11) is 0. The summed E-state index contributed by atoms with van der Waals surface area (Å²) in [6.07, 6.45) is 0.451. The fraction of sp³-hybridized carbons (Fsp3) is 0.429. The Balaban J connectivity index is 2.16. The second-order valence-corrected chi connectivity index (χ2v) is 4.77. The molecule has 1 aromatic heterocycles. The molecule has 0 saturated heterocycles. The van der Waals surface area contributed by atoms with Crippen LogP contribution in [0.15, 0.2) is 29.1 Å². The maximum absolute atomic E-state index is 11.8. The number of aliphatic hydroxyl groups is 1. The van der Waals surface area contributed by atoms with E-state index in [1.54, 1.807) is 18.2 Å². The van der Waals surface area contributed by atoms with Crippen LogP contribution in [0.2, 0.25) is 0 Å². The number of hydrogen-bond donors (Lipinski definition) is 3. The number of hydrogen-bond acceptors (Lipinski definition) is 4. The van der Waals surface area contributed by atoms with Crippen LogP contribution < -0.4 is 10.9 Å². The summed E-state index contributed by atoms with van der Waals surface area (Å²) >= 11 is 0. The van der Waals surface area contributed by atoms with Crippen molar-refractivity contribution in [3.05, 3.63) is 34.6 Å². The molecular formula is C14H19N3O2. The van der Waals surface area contributed by atoms with E-state index in [0.717, 1.165) is 6.42 Å². The monoisotopic (exact) mass is 261 g/mol. The van der Waals surface area contributed by atoms with Crippen LogP contribution in [0.25, 0.3) is 10.9 Å². The average molecular weight is 261 g/mol. The molecule has 1 aromatic carbocycles. The van der Waals surface area contributed by atoms with Crippen molar-refractivity contribution in [1.82, 2.24) is 9.97 Å². The lowest BCUT2D eigenvalue weighted by Gasteiger charge is -2.17. The first-order valence-corrected chi connectivity index (χ1v) is 6.52. The van der Waals surface area contributed by atoms with Crippen LogP contribution in [-0.4, -0.2) is 27.7 Å². The van der Waals surface area contributed by atoms with Gasteiger partial charge in [-0.1, -0.05) is 32.4 Å². The van der Waals surface area contributed by atoms with Crippen molar-refractivity contribution in [3.8, 4) is 0 Å². The van der Waals surface area contributed by atoms with Crippen molar-refractivity contribution < 1.29 is 5.11 Å². The average Bonchev–Trinajstić information content (AvgIpc) is 2.44. The Kier molecular flexibility index (Phi) is 4.16. The summed E-state index contributed by atoms with van der Waals surface area (Å²) < 4.78 is 0. The minimum Gasteiger partial charge on any atom is -0.391 e. The van der Waals surface area contributed by atoms with E-state index in [9.17, 15) is 9.90 Å². The molecule has 2 aromatic rings. The van der Waals surface area contributed by atoms with Gasteiger partial charge in [0.1, 0.15) is 0 Å². The minimum absolute atomic E-state index is 0.175. The highest BCUT2D eigenvalue weighted by Crippen LogP contribution is 2.10. The Morgan fingerprint density at radius 3 is 2.89 bits per heavy atom. The minimum atomic E-state index is -0.457. The van der Waals surface area contributed by atoms with Crippen molar-refractivity contribution in [2.24, 2.45) is 5.92 Å². The van der Waals surface area contributed by atoms with E-state index in [1.165, 1.54) is 0 Å². The van der Waals surface area contributed by atoms with Crippen LogP contribution in [0.4, 0.5) is 5.95 Å². The molecule has 3 N–H and O–H groups in total. The van der Waals surface area contributed by atoms with E-state index in [0.29, 0.717) is 23.4 Å². The van der Waals surface area contributed by atoms with Gasteiger partial charge in [-0.05, 0) is 18.1 Å². The van der Waals surface area contributed by atoms with Crippen LogP contribution in [0.1, 0.15) is 20.3 Å². The summed E-state index contributed by atoms with van der Waals surface area (Å²) in [6, 6.07) is 7.17. The fourth-order valence-electron chi connectivity index (χ4n) is 1.84. The largest absolute Gasteiger partial charge is 0.391 e. The number of nitrogens with one attached hydrogen (secondary N) is 2. The summed E-state index contributed by atoms with van der Waals surface area (Å²) in [5.41, 5.74) is 0.470. The lowest BCUT2D eigenvalue weighted by atomic mass is 10.0. The number of benzene rings is 1. The third-order valence-corrected chi connectivity index (χ3v) is 3.39. The molecule has 0 amide bonds. The predicted octanol–water partition coefficient (Wildman–Crippen LogP) is 1.74. The molecular weight excluding hydrogens is 242 g/mol. The molecule has 0 unspecified atom stereocenters. The molecule has 0 spiro atoms. The lowest BCUT2D eigenvalue weighted by molar-refractivity contribution is 0.126. The van der Waals surface area contributed by atoms with Gasteiger partial charge < -0.3 is 10.4 Å². The molecule has 102 valence electrons. The number of anilines is 1. The van der Waals surface area contributed by atoms with E-state index >= 15 is 0 Å². The van der Waals surface area contributed by atoms with Crippen LogP contribution in [0.5, 0.6) is 0 Å². The zero-order valence-electron chi connectivity index (χ0n) is 11.2. The van der Waals surface area contributed by atoms with Gasteiger partial charge in [-0.2, -0.15) is 0 Å². The van der Waals surface area contributed by atoms with E-state index in [4.69, 9.17) is 0 Å². The van der Waals surface area contributed by atoms with Crippen molar-refractivity contribution in [1.29, 1.82) is 0 Å². The van der Waals surface area contributed by atoms with E-state index in [2.05, 4.69) is 15.3 Å². The maximum atomic E-state index is 11.8. The predicted molar refractivity (Wildman–Crippen MR) is 76.3 cm³/mol. The van der Waals surface area contributed by atoms with E-state index in [1.807, 2.05) is 19.9 Å². The number of rotatable bonds is 5. The summed E-state index contributed by atoms with van der Waals surface area (Å²) in [6.45, 7) is 4.39. The number of H-pyrrole nitrogens is 1. The molecule has 5 heteroatoms. The Morgan fingerprint density at radius 2 is 2.16 bits per heavy atom. The van der Waals surface area contributed by atoms with Crippen molar-refractivity contribution in [2.75, 3.05) is 11.9 Å². The number of nitrogens with zero attached hydrogens (tertiary/aromatic N) is 1. The highest BCUT2D eigenvalue weighted by molar-refractivity contribution is 5.78. The van der Waals surface area contributed by atoms with Crippen LogP contribution in [0, 0.1) is 5.92 Å². The number of para-hydroxylation sites is 1. The maximum Gasteiger partial charge on any atom is 0.260 e. The molecule has 0 aliphatic rings. The van der Waals surface area contributed by atoms with Gasteiger partial charge in [0.15, 0.2) is 0 Å². The SMILES string of the molecule is CC[C@H](C)[C@H](O)CNc1nc2ccccc2c(=O)[nH]1. The number of aliphatic hydroxyl groups excluding tert-OH is 1. The molecule has 0 bridgehead atoms.